The van der Waals surface area contributed by atoms with E-state index in [1.54, 1.807) is 35.4 Å². The number of hydrogen-bond acceptors (Lipinski definition) is 6. The maximum Gasteiger partial charge on any atom is 0.306 e. The van der Waals surface area contributed by atoms with Gasteiger partial charge in [0.05, 0.1) is 47.0 Å². The molecular formula is C26H32O6. The molecule has 0 saturated heterocycles. The Morgan fingerprint density at radius 1 is 0.875 bits per heavy atom. The zero-order valence-corrected chi connectivity index (χ0v) is 20.0. The predicted molar refractivity (Wildman–Crippen MR) is 124 cm³/mol. The van der Waals surface area contributed by atoms with E-state index in [1.165, 1.54) is 0 Å². The van der Waals surface area contributed by atoms with Crippen LogP contribution in [0.2, 0.25) is 0 Å². The van der Waals surface area contributed by atoms with Crippen molar-refractivity contribution in [2.24, 2.45) is 0 Å². The molecule has 0 bridgehead atoms. The summed E-state index contributed by atoms with van der Waals surface area (Å²) in [5, 5.41) is 0. The van der Waals surface area contributed by atoms with Gasteiger partial charge in [0.15, 0.2) is 11.5 Å². The molecular weight excluding hydrogens is 408 g/mol. The number of carbonyl (C=O) groups is 1. The highest BCUT2D eigenvalue weighted by atomic mass is 16.5. The van der Waals surface area contributed by atoms with Crippen molar-refractivity contribution in [3.8, 4) is 34.8 Å². The Bertz CT molecular complexity index is 972. The number of esters is 1. The molecule has 6 heteroatoms. The van der Waals surface area contributed by atoms with Crippen LogP contribution in [0.3, 0.4) is 0 Å². The molecule has 0 N–H and O–H groups in total. The van der Waals surface area contributed by atoms with Crippen LogP contribution in [0.5, 0.6) is 23.0 Å². The van der Waals surface area contributed by atoms with E-state index in [0.29, 0.717) is 36.0 Å². The normalized spacial score (nSPS) is 10.6. The van der Waals surface area contributed by atoms with Gasteiger partial charge in [-0.1, -0.05) is 31.8 Å². The number of rotatable bonds is 9. The lowest BCUT2D eigenvalue weighted by atomic mass is 9.77. The Labute approximate surface area is 190 Å². The second kappa shape index (κ2) is 11.3. The second-order valence-corrected chi connectivity index (χ2v) is 7.56. The molecule has 0 aromatic heterocycles. The minimum absolute atomic E-state index is 0.244. The molecule has 2 rings (SSSR count). The predicted octanol–water partition coefficient (Wildman–Crippen LogP) is 4.74. The summed E-state index contributed by atoms with van der Waals surface area (Å²) < 4.78 is 26.9. The van der Waals surface area contributed by atoms with E-state index in [1.807, 2.05) is 30.3 Å². The molecule has 0 spiro atoms. The Balaban J connectivity index is 2.43. The van der Waals surface area contributed by atoms with Crippen LogP contribution in [0.15, 0.2) is 30.3 Å². The van der Waals surface area contributed by atoms with E-state index < -0.39 is 0 Å². The van der Waals surface area contributed by atoms with Gasteiger partial charge in [0.25, 0.3) is 0 Å². The standard InChI is InChI=1S/C26H32O6/c1-8-32-24(27)12-10-9-11-18-15-19(13-14-21(18)28-4)26(2,3)20-16-22(29-5)25(31-7)23(17-20)30-6/h13-17H,8,10,12H2,1-7H3. The summed E-state index contributed by atoms with van der Waals surface area (Å²) in [6.07, 6.45) is 0.683. The maximum absolute atomic E-state index is 11.5. The third-order valence-corrected chi connectivity index (χ3v) is 5.29. The molecule has 2 aromatic carbocycles. The van der Waals surface area contributed by atoms with Crippen molar-refractivity contribution < 1.29 is 28.5 Å². The van der Waals surface area contributed by atoms with Crippen molar-refractivity contribution in [2.75, 3.05) is 35.0 Å². The van der Waals surface area contributed by atoms with Crippen LogP contribution in [0.4, 0.5) is 0 Å². The van der Waals surface area contributed by atoms with Crippen LogP contribution in [0.1, 0.15) is 50.3 Å². The number of methoxy groups -OCH3 is 4. The van der Waals surface area contributed by atoms with Gasteiger partial charge in [0, 0.05) is 11.8 Å². The Hall–Kier alpha value is -3.33. The van der Waals surface area contributed by atoms with E-state index in [4.69, 9.17) is 23.7 Å². The molecule has 0 unspecified atom stereocenters. The third kappa shape index (κ3) is 5.67. The van der Waals surface area contributed by atoms with Crippen molar-refractivity contribution in [2.45, 2.75) is 39.0 Å². The maximum atomic E-state index is 11.5. The molecule has 0 heterocycles. The molecule has 0 atom stereocenters. The fourth-order valence-electron chi connectivity index (χ4n) is 3.36. The minimum Gasteiger partial charge on any atom is -0.495 e. The van der Waals surface area contributed by atoms with Crippen molar-refractivity contribution in [1.29, 1.82) is 0 Å². The Morgan fingerprint density at radius 3 is 2.03 bits per heavy atom. The van der Waals surface area contributed by atoms with E-state index in [2.05, 4.69) is 25.7 Å². The van der Waals surface area contributed by atoms with Gasteiger partial charge < -0.3 is 23.7 Å². The molecule has 32 heavy (non-hydrogen) atoms. The van der Waals surface area contributed by atoms with Crippen LogP contribution in [-0.2, 0) is 14.9 Å². The van der Waals surface area contributed by atoms with Crippen molar-refractivity contribution in [3.05, 3.63) is 47.0 Å². The van der Waals surface area contributed by atoms with Crippen LogP contribution >= 0.6 is 0 Å². The first-order valence-electron chi connectivity index (χ1n) is 10.5. The summed E-state index contributed by atoms with van der Waals surface area (Å²) in [4.78, 5) is 11.5. The third-order valence-electron chi connectivity index (χ3n) is 5.29. The van der Waals surface area contributed by atoms with Crippen LogP contribution in [-0.4, -0.2) is 41.0 Å². The lowest BCUT2D eigenvalue weighted by Crippen LogP contribution is -2.19. The molecule has 0 aliphatic rings. The van der Waals surface area contributed by atoms with Crippen molar-refractivity contribution >= 4 is 5.97 Å². The van der Waals surface area contributed by atoms with Gasteiger partial charge in [-0.25, -0.2) is 0 Å². The zero-order valence-electron chi connectivity index (χ0n) is 20.0. The average molecular weight is 441 g/mol. The topological polar surface area (TPSA) is 63.2 Å². The van der Waals surface area contributed by atoms with E-state index in [0.717, 1.165) is 16.7 Å². The summed E-state index contributed by atoms with van der Waals surface area (Å²) >= 11 is 0. The van der Waals surface area contributed by atoms with Gasteiger partial charge in [-0.3, -0.25) is 4.79 Å². The van der Waals surface area contributed by atoms with Gasteiger partial charge in [0.2, 0.25) is 5.75 Å². The first kappa shape index (κ1) is 24.9. The van der Waals surface area contributed by atoms with E-state index in [9.17, 15) is 4.79 Å². The van der Waals surface area contributed by atoms with Crippen molar-refractivity contribution in [1.82, 2.24) is 0 Å². The number of ether oxygens (including phenoxy) is 5. The van der Waals surface area contributed by atoms with Gasteiger partial charge in [-0.05, 0) is 42.3 Å². The molecule has 0 radical (unpaired) electrons. The summed E-state index contributed by atoms with van der Waals surface area (Å²) in [6.45, 7) is 6.40. The first-order valence-corrected chi connectivity index (χ1v) is 10.5. The molecule has 0 amide bonds. The molecule has 0 saturated carbocycles. The summed E-state index contributed by atoms with van der Waals surface area (Å²) in [5.74, 6) is 8.37. The molecule has 6 nitrogen and oxygen atoms in total. The number of benzene rings is 2. The molecule has 0 aliphatic carbocycles. The minimum atomic E-state index is -0.388. The zero-order chi connectivity index (χ0) is 23.7. The molecule has 2 aromatic rings. The highest BCUT2D eigenvalue weighted by molar-refractivity contribution is 5.69. The van der Waals surface area contributed by atoms with Crippen LogP contribution in [0.25, 0.3) is 0 Å². The second-order valence-electron chi connectivity index (χ2n) is 7.56. The molecule has 0 fully saturated rings. The highest BCUT2D eigenvalue weighted by Crippen LogP contribution is 2.43. The lowest BCUT2D eigenvalue weighted by molar-refractivity contribution is -0.142. The van der Waals surface area contributed by atoms with E-state index in [-0.39, 0.29) is 17.8 Å². The number of hydrogen-bond donors (Lipinski definition) is 0. The Kier molecular flexibility index (Phi) is 8.83. The van der Waals surface area contributed by atoms with Gasteiger partial charge in [-0.2, -0.15) is 0 Å². The van der Waals surface area contributed by atoms with E-state index >= 15 is 0 Å². The quantitative estimate of drug-likeness (QED) is 0.415. The fraction of sp³-hybridized carbons (Fsp3) is 0.423. The largest absolute Gasteiger partial charge is 0.495 e. The first-order chi connectivity index (χ1) is 15.3. The van der Waals surface area contributed by atoms with Crippen LogP contribution < -0.4 is 18.9 Å². The SMILES string of the molecule is CCOC(=O)CCC#Cc1cc(C(C)(C)c2cc(OC)c(OC)c(OC)c2)ccc1OC. The monoisotopic (exact) mass is 440 g/mol. The summed E-state index contributed by atoms with van der Waals surface area (Å²) in [6, 6.07) is 9.85. The van der Waals surface area contributed by atoms with Gasteiger partial charge in [-0.15, -0.1) is 0 Å². The van der Waals surface area contributed by atoms with Crippen molar-refractivity contribution in [3.63, 3.8) is 0 Å². The molecule has 172 valence electrons. The molecule has 0 aliphatic heterocycles. The summed E-state index contributed by atoms with van der Waals surface area (Å²) in [5.41, 5.74) is 2.41. The van der Waals surface area contributed by atoms with Gasteiger partial charge >= 0.3 is 5.97 Å². The fourth-order valence-corrected chi connectivity index (χ4v) is 3.36. The Morgan fingerprint density at radius 2 is 1.50 bits per heavy atom. The smallest absolute Gasteiger partial charge is 0.306 e. The average Bonchev–Trinajstić information content (AvgIpc) is 2.80. The van der Waals surface area contributed by atoms with Crippen LogP contribution in [0, 0.1) is 11.8 Å². The number of carbonyl (C=O) groups excluding carboxylic acids is 1. The summed E-state index contributed by atoms with van der Waals surface area (Å²) in [7, 11) is 6.40. The van der Waals surface area contributed by atoms with Gasteiger partial charge in [0.1, 0.15) is 5.75 Å². The lowest BCUT2D eigenvalue weighted by Gasteiger charge is -2.28. The highest BCUT2D eigenvalue weighted by Gasteiger charge is 2.27.